The number of methoxy groups -OCH3 is 3. The highest BCUT2D eigenvalue weighted by atomic mass is 32.1. The Morgan fingerprint density at radius 2 is 1.79 bits per heavy atom. The molecule has 0 aliphatic carbocycles. The molecule has 2 aromatic carbocycles. The van der Waals surface area contributed by atoms with Crippen molar-refractivity contribution in [1.29, 1.82) is 0 Å². The van der Waals surface area contributed by atoms with Crippen LogP contribution in [0.25, 0.3) is 10.2 Å². The first-order valence-electron chi connectivity index (χ1n) is 9.12. The Morgan fingerprint density at radius 1 is 1.10 bits per heavy atom. The number of fused-ring (bicyclic) bond motifs is 1. The first kappa shape index (κ1) is 20.9. The minimum Gasteiger partial charge on any atom is -0.493 e. The zero-order chi connectivity index (χ0) is 20.8. The molecular weight excluding hydrogens is 390 g/mol. The minimum atomic E-state index is -0.0673. The highest BCUT2D eigenvalue weighted by molar-refractivity contribution is 7.18. The number of aromatic nitrogens is 1. The Morgan fingerprint density at radius 3 is 2.41 bits per heavy atom. The fourth-order valence-electron chi connectivity index (χ4n) is 3.01. The number of nitrogens with one attached hydrogen (secondary N) is 1. The lowest BCUT2D eigenvalue weighted by Gasteiger charge is -2.16. The summed E-state index contributed by atoms with van der Waals surface area (Å²) in [5, 5.41) is 3.92. The van der Waals surface area contributed by atoms with Crippen LogP contribution in [0.5, 0.6) is 17.2 Å². The number of benzene rings is 2. The number of para-hydroxylation sites is 1. The van der Waals surface area contributed by atoms with Crippen molar-refractivity contribution in [3.8, 4) is 17.2 Å². The maximum absolute atomic E-state index is 12.4. The summed E-state index contributed by atoms with van der Waals surface area (Å²) in [6.45, 7) is 1.27. The smallest absolute Gasteiger partial charge is 0.234 e. The number of rotatable bonds is 9. The molecule has 1 aromatic heterocycles. The van der Waals surface area contributed by atoms with Crippen LogP contribution in [-0.2, 0) is 17.9 Å². The van der Waals surface area contributed by atoms with Crippen LogP contribution in [0.15, 0.2) is 36.4 Å². The summed E-state index contributed by atoms with van der Waals surface area (Å²) >= 11 is 1.65. The monoisotopic (exact) mass is 415 g/mol. The van der Waals surface area contributed by atoms with Crippen molar-refractivity contribution in [2.45, 2.75) is 13.1 Å². The van der Waals surface area contributed by atoms with E-state index in [1.165, 1.54) is 0 Å². The van der Waals surface area contributed by atoms with Gasteiger partial charge in [0, 0.05) is 6.54 Å². The van der Waals surface area contributed by atoms with Gasteiger partial charge >= 0.3 is 0 Å². The van der Waals surface area contributed by atoms with Gasteiger partial charge in [0.05, 0.1) is 44.6 Å². The Labute approximate surface area is 174 Å². The van der Waals surface area contributed by atoms with Crippen molar-refractivity contribution in [3.63, 3.8) is 0 Å². The van der Waals surface area contributed by atoms with Crippen LogP contribution in [0.1, 0.15) is 10.6 Å². The second kappa shape index (κ2) is 9.58. The fourth-order valence-corrected chi connectivity index (χ4v) is 4.06. The highest BCUT2D eigenvalue weighted by Gasteiger charge is 2.14. The molecule has 3 rings (SSSR count). The molecule has 29 heavy (non-hydrogen) atoms. The molecule has 1 N–H and O–H groups in total. The summed E-state index contributed by atoms with van der Waals surface area (Å²) in [4.78, 5) is 18.9. The summed E-state index contributed by atoms with van der Waals surface area (Å²) in [5.74, 6) is 1.58. The van der Waals surface area contributed by atoms with E-state index in [4.69, 9.17) is 14.2 Å². The first-order chi connectivity index (χ1) is 14.0. The lowest BCUT2D eigenvalue weighted by molar-refractivity contribution is -0.122. The predicted octanol–water partition coefficient (Wildman–Crippen LogP) is 3.07. The topological polar surface area (TPSA) is 72.9 Å². The number of carbonyl (C=O) groups is 1. The predicted molar refractivity (Wildman–Crippen MR) is 114 cm³/mol. The van der Waals surface area contributed by atoms with Gasteiger partial charge in [0.1, 0.15) is 5.01 Å². The number of carbonyl (C=O) groups excluding carboxylic acids is 1. The van der Waals surface area contributed by atoms with Crippen LogP contribution in [0.2, 0.25) is 0 Å². The Balaban J connectivity index is 1.56. The van der Waals surface area contributed by atoms with Crippen LogP contribution < -0.4 is 19.5 Å². The van der Waals surface area contributed by atoms with Crippen molar-refractivity contribution in [2.24, 2.45) is 0 Å². The molecule has 0 unspecified atom stereocenters. The molecule has 0 saturated heterocycles. The molecule has 1 heterocycles. The van der Waals surface area contributed by atoms with E-state index in [2.05, 4.69) is 16.4 Å². The molecule has 3 aromatic rings. The van der Waals surface area contributed by atoms with Gasteiger partial charge in [-0.05, 0) is 36.9 Å². The third kappa shape index (κ3) is 5.16. The van der Waals surface area contributed by atoms with Crippen molar-refractivity contribution in [3.05, 3.63) is 47.0 Å². The summed E-state index contributed by atoms with van der Waals surface area (Å²) < 4.78 is 17.2. The molecule has 0 aliphatic heterocycles. The molecule has 0 atom stereocenters. The van der Waals surface area contributed by atoms with E-state index in [0.717, 1.165) is 20.8 Å². The molecule has 0 radical (unpaired) electrons. The lowest BCUT2D eigenvalue weighted by Crippen LogP contribution is -2.34. The molecular formula is C21H25N3O4S. The molecule has 154 valence electrons. The minimum absolute atomic E-state index is 0.0673. The molecule has 1 amide bonds. The number of hydrogen-bond donors (Lipinski definition) is 1. The van der Waals surface area contributed by atoms with Crippen LogP contribution in [-0.4, -0.2) is 50.7 Å². The van der Waals surface area contributed by atoms with Gasteiger partial charge in [0.25, 0.3) is 0 Å². The zero-order valence-corrected chi connectivity index (χ0v) is 17.8. The number of hydrogen-bond acceptors (Lipinski definition) is 7. The third-order valence-corrected chi connectivity index (χ3v) is 5.39. The number of amides is 1. The van der Waals surface area contributed by atoms with Crippen molar-refractivity contribution in [2.75, 3.05) is 34.9 Å². The van der Waals surface area contributed by atoms with E-state index in [1.807, 2.05) is 42.3 Å². The quantitative estimate of drug-likeness (QED) is 0.579. The molecule has 0 fully saturated rings. The Kier molecular flexibility index (Phi) is 6.90. The molecule has 0 bridgehead atoms. The van der Waals surface area contributed by atoms with Crippen LogP contribution in [0.3, 0.4) is 0 Å². The zero-order valence-electron chi connectivity index (χ0n) is 17.0. The van der Waals surface area contributed by atoms with Gasteiger partial charge < -0.3 is 19.5 Å². The normalized spacial score (nSPS) is 10.9. The van der Waals surface area contributed by atoms with Crippen LogP contribution >= 0.6 is 11.3 Å². The third-order valence-electron chi connectivity index (χ3n) is 4.37. The van der Waals surface area contributed by atoms with Crippen LogP contribution in [0.4, 0.5) is 0 Å². The summed E-state index contributed by atoms with van der Waals surface area (Å²) in [6, 6.07) is 11.7. The highest BCUT2D eigenvalue weighted by Crippen LogP contribution is 2.38. The van der Waals surface area contributed by atoms with Gasteiger partial charge in [-0.2, -0.15) is 0 Å². The summed E-state index contributed by atoms with van der Waals surface area (Å²) in [5.41, 5.74) is 1.86. The lowest BCUT2D eigenvalue weighted by atomic mass is 10.1. The number of nitrogens with zero attached hydrogens (tertiary/aromatic N) is 2. The first-order valence-corrected chi connectivity index (χ1v) is 9.94. The van der Waals surface area contributed by atoms with E-state index in [-0.39, 0.29) is 12.5 Å². The van der Waals surface area contributed by atoms with Crippen molar-refractivity contribution < 1.29 is 19.0 Å². The number of thiazole rings is 1. The van der Waals surface area contributed by atoms with E-state index >= 15 is 0 Å². The maximum Gasteiger partial charge on any atom is 0.234 e. The van der Waals surface area contributed by atoms with Gasteiger partial charge in [-0.1, -0.05) is 12.1 Å². The SMILES string of the molecule is COc1cc(CNC(=O)CN(C)Cc2nc3ccccc3s2)cc(OC)c1OC. The van der Waals surface area contributed by atoms with Crippen LogP contribution in [0, 0.1) is 0 Å². The van der Waals surface area contributed by atoms with Gasteiger partial charge in [-0.15, -0.1) is 11.3 Å². The van der Waals surface area contributed by atoms with Gasteiger partial charge in [0.2, 0.25) is 11.7 Å². The van der Waals surface area contributed by atoms with Crippen molar-refractivity contribution in [1.82, 2.24) is 15.2 Å². The second-order valence-corrected chi connectivity index (χ2v) is 7.67. The average Bonchev–Trinajstić information content (AvgIpc) is 3.13. The summed E-state index contributed by atoms with van der Waals surface area (Å²) in [7, 11) is 6.60. The largest absolute Gasteiger partial charge is 0.493 e. The molecule has 7 nitrogen and oxygen atoms in total. The number of ether oxygens (including phenoxy) is 3. The van der Waals surface area contributed by atoms with E-state index in [1.54, 1.807) is 32.7 Å². The molecule has 0 saturated carbocycles. The number of likely N-dealkylation sites (N-methyl/N-ethyl adjacent to an activating group) is 1. The van der Waals surface area contributed by atoms with Gasteiger partial charge in [-0.3, -0.25) is 9.69 Å². The molecule has 0 aliphatic rings. The fraction of sp³-hybridized carbons (Fsp3) is 0.333. The molecule has 8 heteroatoms. The standard InChI is InChI=1S/C21H25N3O4S/c1-24(13-20-23-15-7-5-6-8-18(15)29-20)12-19(25)22-11-14-9-16(26-2)21(28-4)17(10-14)27-3/h5-10H,11-13H2,1-4H3,(H,22,25). The maximum atomic E-state index is 12.4. The van der Waals surface area contributed by atoms with Gasteiger partial charge in [0.15, 0.2) is 11.5 Å². The molecule has 0 spiro atoms. The summed E-state index contributed by atoms with van der Waals surface area (Å²) in [6.07, 6.45) is 0. The second-order valence-electron chi connectivity index (χ2n) is 6.56. The van der Waals surface area contributed by atoms with E-state index in [9.17, 15) is 4.79 Å². The van der Waals surface area contributed by atoms with Crippen molar-refractivity contribution >= 4 is 27.5 Å². The Bertz CT molecular complexity index is 931. The van der Waals surface area contributed by atoms with E-state index < -0.39 is 0 Å². The van der Waals surface area contributed by atoms with Gasteiger partial charge in [-0.25, -0.2) is 4.98 Å². The van der Waals surface area contributed by atoms with E-state index in [0.29, 0.717) is 30.3 Å². The Hall–Kier alpha value is -2.84. The average molecular weight is 416 g/mol.